The molecule has 0 radical (unpaired) electrons. The summed E-state index contributed by atoms with van der Waals surface area (Å²) >= 11 is 9.78. The lowest BCUT2D eigenvalue weighted by Crippen LogP contribution is -2.28. The van der Waals surface area contributed by atoms with Gasteiger partial charge in [-0.1, -0.05) is 55.2 Å². The van der Waals surface area contributed by atoms with Crippen LogP contribution in [0.25, 0.3) is 0 Å². The number of aryl methyl sites for hydroxylation is 3. The van der Waals surface area contributed by atoms with Crippen molar-refractivity contribution in [2.75, 3.05) is 13.2 Å². The van der Waals surface area contributed by atoms with Crippen LogP contribution in [0.4, 0.5) is 0 Å². The summed E-state index contributed by atoms with van der Waals surface area (Å²) in [5.41, 5.74) is 2.49. The van der Waals surface area contributed by atoms with Crippen LogP contribution in [0.3, 0.4) is 0 Å². The maximum Gasteiger partial charge on any atom is 0.310 e. The number of carbonyl (C=O) groups excluding carboxylic acids is 3. The summed E-state index contributed by atoms with van der Waals surface area (Å²) in [7, 11) is -5.73. The molecule has 3 aromatic carbocycles. The zero-order valence-corrected chi connectivity index (χ0v) is 36.3. The van der Waals surface area contributed by atoms with Crippen molar-refractivity contribution in [1.82, 2.24) is 4.72 Å². The molecule has 1 fully saturated rings. The second-order valence-corrected chi connectivity index (χ2v) is 18.7. The number of ether oxygens (including phenoxy) is 2. The third-order valence-corrected chi connectivity index (χ3v) is 12.1. The number of nitrogens with two attached hydrogens (primary N) is 1. The fourth-order valence-electron chi connectivity index (χ4n) is 3.31. The Hall–Kier alpha value is -2.23. The molecular weight excluding hydrogens is 960 g/mol. The van der Waals surface area contributed by atoms with Gasteiger partial charge in [0.05, 0.1) is 14.7 Å². The van der Waals surface area contributed by atoms with Gasteiger partial charge in [-0.15, -0.1) is 0 Å². The highest BCUT2D eigenvalue weighted by atomic mass is 79.9. The van der Waals surface area contributed by atoms with Crippen LogP contribution in [0.15, 0.2) is 82.7 Å². The van der Waals surface area contributed by atoms with Crippen LogP contribution in [0.2, 0.25) is 0 Å². The molecule has 52 heavy (non-hydrogen) atoms. The normalized spacial score (nSPS) is 11.9. The summed E-state index contributed by atoms with van der Waals surface area (Å²) in [5.74, 6) is -1.73. The molecule has 1 saturated heterocycles. The molecule has 0 saturated carbocycles. The quantitative estimate of drug-likeness (QED) is 0.152. The summed E-state index contributed by atoms with van der Waals surface area (Å²) in [4.78, 5) is 30.7. The largest absolute Gasteiger partial charge is 0.394 e. The lowest BCUT2D eigenvalue weighted by molar-refractivity contribution is -0.156. The minimum absolute atomic E-state index is 0. The smallest absolute Gasteiger partial charge is 0.310 e. The number of halogens is 4. The fraction of sp³-hybridized carbons (Fsp3) is 0.344. The number of nitrogens with one attached hydrogen (secondary N) is 1. The lowest BCUT2D eigenvalue weighted by Gasteiger charge is -2.06. The molecule has 0 aliphatic carbocycles. The van der Waals surface area contributed by atoms with Gasteiger partial charge in [0.1, 0.15) is 0 Å². The molecule has 292 valence electrons. The Morgan fingerprint density at radius 2 is 1.04 bits per heavy atom. The molecule has 1 aliphatic heterocycles. The van der Waals surface area contributed by atoms with E-state index in [1.807, 2.05) is 4.72 Å². The molecule has 3 N–H and O–H groups in total. The molecule has 0 bridgehead atoms. The van der Waals surface area contributed by atoms with Gasteiger partial charge in [-0.3, -0.25) is 14.4 Å². The minimum Gasteiger partial charge on any atom is -0.394 e. The lowest BCUT2D eigenvalue weighted by atomic mass is 10.2. The second kappa shape index (κ2) is 24.2. The van der Waals surface area contributed by atoms with Gasteiger partial charge in [-0.25, -0.2) is 35.1 Å². The Kier molecular flexibility index (Phi) is 24.2. The zero-order chi connectivity index (χ0) is 39.7. The Morgan fingerprint density at radius 3 is 1.31 bits per heavy atom. The van der Waals surface area contributed by atoms with Gasteiger partial charge in [0.25, 0.3) is 19.1 Å². The summed E-state index contributed by atoms with van der Waals surface area (Å²) in [6, 6.07) is 13.8. The molecule has 1 amide bonds. The van der Waals surface area contributed by atoms with Crippen molar-refractivity contribution in [2.45, 2.75) is 76.5 Å². The number of benzene rings is 3. The number of carbonyl (C=O) groups is 3. The molecule has 1 aliphatic rings. The first-order valence-electron chi connectivity index (χ1n) is 14.3. The van der Waals surface area contributed by atoms with E-state index >= 15 is 0 Å². The van der Waals surface area contributed by atoms with Crippen molar-refractivity contribution in [1.29, 1.82) is 0 Å². The first kappa shape index (κ1) is 51.9. The number of hydrogen-bond acceptors (Lipinski definition) is 11. The van der Waals surface area contributed by atoms with Crippen LogP contribution in [0, 0.1) is 20.8 Å². The second-order valence-electron chi connectivity index (χ2n) is 10.3. The van der Waals surface area contributed by atoms with Gasteiger partial charge >= 0.3 is 11.9 Å². The van der Waals surface area contributed by atoms with Gasteiger partial charge < -0.3 is 9.47 Å². The van der Waals surface area contributed by atoms with Crippen molar-refractivity contribution in [2.24, 2.45) is 5.14 Å². The van der Waals surface area contributed by atoms with Gasteiger partial charge in [-0.2, -0.15) is 0 Å². The predicted octanol–water partition coefficient (Wildman–Crippen LogP) is 7.20. The molecule has 1 heterocycles. The number of sulfonamides is 2. The van der Waals surface area contributed by atoms with E-state index in [9.17, 15) is 39.6 Å². The van der Waals surface area contributed by atoms with Crippen LogP contribution in [-0.2, 0) is 53.0 Å². The van der Waals surface area contributed by atoms with Gasteiger partial charge in [-0.05, 0) is 105 Å². The first-order chi connectivity index (χ1) is 23.3. The Bertz CT molecular complexity index is 1910. The van der Waals surface area contributed by atoms with Crippen LogP contribution in [0.1, 0.15) is 57.7 Å². The third-order valence-electron chi connectivity index (χ3n) is 5.70. The number of amides is 1. The van der Waals surface area contributed by atoms with Crippen LogP contribution in [0.5, 0.6) is 0 Å². The topological polar surface area (TPSA) is 210 Å². The third kappa shape index (κ3) is 22.1. The SMILES string of the molecule is C.C1CCOC1.CC(=O)NS(=O)(=O)c1ccc(Br)c(C)c1.CC(=O)OC(C)=O.Cc1cc(S(=O)(=O)Cl)ccc1Br.Cc1cc(S(N)(=O)=O)ccc1Br. The maximum absolute atomic E-state index is 11.6. The fourth-order valence-corrected chi connectivity index (χ4v) is 6.56. The highest BCUT2D eigenvalue weighted by molar-refractivity contribution is 9.11. The average Bonchev–Trinajstić information content (AvgIpc) is 3.56. The van der Waals surface area contributed by atoms with E-state index in [1.165, 1.54) is 63.1 Å². The van der Waals surface area contributed by atoms with E-state index in [-0.39, 0.29) is 22.1 Å². The Labute approximate surface area is 336 Å². The van der Waals surface area contributed by atoms with Crippen LogP contribution < -0.4 is 9.86 Å². The molecule has 0 unspecified atom stereocenters. The van der Waals surface area contributed by atoms with E-state index in [4.69, 9.17) is 20.6 Å². The Balaban J connectivity index is 0. The maximum atomic E-state index is 11.6. The molecule has 4 rings (SSSR count). The van der Waals surface area contributed by atoms with Crippen molar-refractivity contribution in [3.63, 3.8) is 0 Å². The number of esters is 2. The van der Waals surface area contributed by atoms with Gasteiger partial charge in [0.15, 0.2) is 0 Å². The van der Waals surface area contributed by atoms with Crippen molar-refractivity contribution >= 4 is 105 Å². The zero-order valence-electron chi connectivity index (χ0n) is 28.3. The average molecular weight is 1000 g/mol. The Morgan fingerprint density at radius 1 is 0.692 bits per heavy atom. The number of hydrogen-bond donors (Lipinski definition) is 2. The molecule has 0 aromatic heterocycles. The van der Waals surface area contributed by atoms with Crippen molar-refractivity contribution in [3.05, 3.63) is 84.7 Å². The summed E-state index contributed by atoms with van der Waals surface area (Å²) in [5, 5.41) is 4.93. The van der Waals surface area contributed by atoms with E-state index < -0.39 is 46.9 Å². The van der Waals surface area contributed by atoms with Crippen LogP contribution >= 0.6 is 58.5 Å². The predicted molar refractivity (Wildman–Crippen MR) is 211 cm³/mol. The van der Waals surface area contributed by atoms with Crippen molar-refractivity contribution < 1.29 is 49.1 Å². The number of rotatable bonds is 4. The van der Waals surface area contributed by atoms with E-state index in [0.717, 1.165) is 50.2 Å². The van der Waals surface area contributed by atoms with E-state index in [1.54, 1.807) is 39.0 Å². The minimum atomic E-state index is -3.72. The van der Waals surface area contributed by atoms with Crippen LogP contribution in [-0.4, -0.2) is 56.3 Å². The molecule has 20 heteroatoms. The van der Waals surface area contributed by atoms with Crippen molar-refractivity contribution in [3.8, 4) is 0 Å². The summed E-state index contributed by atoms with van der Waals surface area (Å²) in [6.45, 7) is 10.9. The monoisotopic (exact) mass is 998 g/mol. The first-order valence-corrected chi connectivity index (χ1v) is 22.1. The summed E-state index contributed by atoms with van der Waals surface area (Å²) < 4.78 is 79.9. The van der Waals surface area contributed by atoms with Gasteiger partial charge in [0, 0.05) is 58.1 Å². The summed E-state index contributed by atoms with van der Waals surface area (Å²) in [6.07, 6.45) is 2.56. The molecule has 0 atom stereocenters. The molecular formula is C32H42Br3ClN2O11S3. The van der Waals surface area contributed by atoms with E-state index in [2.05, 4.69) is 52.5 Å². The molecule has 0 spiro atoms. The highest BCUT2D eigenvalue weighted by Gasteiger charge is 2.16. The standard InChI is InChI=1S/C9H10BrNO3S.C7H6BrClO2S.C7H8BrNO2S.C4H6O3.C4H8O.CH4/c1-6-5-8(3-4-9(6)10)15(13,14)11-7(2)12;2*1-5-4-6(12(9,10)11)2-3-7(5)8;1-3(5)7-4(2)6;1-2-4-5-3-1;/h3-5H,1-2H3,(H,11,12);2-4H,1H3;2-4H,1H3,(H2,9,10,11);1-2H3;1-4H2;1H4. The highest BCUT2D eigenvalue weighted by Crippen LogP contribution is 2.22. The van der Waals surface area contributed by atoms with E-state index in [0.29, 0.717) is 0 Å². The number of primary sulfonamides is 1. The molecule has 3 aromatic rings. The van der Waals surface area contributed by atoms with Gasteiger partial charge in [0.2, 0.25) is 15.9 Å². The molecule has 13 nitrogen and oxygen atoms in total.